The molecule has 3 aromatic rings. The van der Waals surface area contributed by atoms with E-state index >= 15 is 0 Å². The molecule has 1 atom stereocenters. The number of likely N-dealkylation sites (tertiary alicyclic amines) is 1. The molecule has 34 heavy (non-hydrogen) atoms. The zero-order valence-electron chi connectivity index (χ0n) is 19.1. The summed E-state index contributed by atoms with van der Waals surface area (Å²) in [5, 5.41) is 9.79. The molecule has 1 aliphatic carbocycles. The van der Waals surface area contributed by atoms with Gasteiger partial charge in [0, 0.05) is 12.5 Å². The topological polar surface area (TPSA) is 69.5 Å². The van der Waals surface area contributed by atoms with Crippen molar-refractivity contribution < 1.29 is 14.3 Å². The highest BCUT2D eigenvalue weighted by Gasteiger charge is 2.33. The molecule has 0 radical (unpaired) electrons. The van der Waals surface area contributed by atoms with Gasteiger partial charge in [0.2, 0.25) is 5.91 Å². The Morgan fingerprint density at radius 1 is 1.00 bits per heavy atom. The summed E-state index contributed by atoms with van der Waals surface area (Å²) in [6.07, 6.45) is 4.31. The molecule has 2 aromatic carbocycles. The van der Waals surface area contributed by atoms with Gasteiger partial charge in [-0.15, -0.1) is 10.2 Å². The van der Waals surface area contributed by atoms with Crippen molar-refractivity contribution in [1.82, 2.24) is 19.7 Å². The van der Waals surface area contributed by atoms with Gasteiger partial charge < -0.3 is 18.9 Å². The van der Waals surface area contributed by atoms with Crippen LogP contribution in [0.2, 0.25) is 0 Å². The first-order valence-corrected chi connectivity index (χ1v) is 13.0. The number of ether oxygens (including phenoxy) is 2. The Kier molecular flexibility index (Phi) is 5.91. The van der Waals surface area contributed by atoms with Crippen molar-refractivity contribution in [1.29, 1.82) is 0 Å². The summed E-state index contributed by atoms with van der Waals surface area (Å²) in [7, 11) is 0. The maximum Gasteiger partial charge on any atom is 0.233 e. The number of amides is 1. The average molecular weight is 477 g/mol. The molecule has 176 valence electrons. The van der Waals surface area contributed by atoms with Crippen LogP contribution in [0.15, 0.2) is 53.7 Å². The maximum absolute atomic E-state index is 13.3. The lowest BCUT2D eigenvalue weighted by Gasteiger charge is -2.26. The normalized spacial score (nSPS) is 19.4. The number of nitrogens with zero attached hydrogens (tertiary/aromatic N) is 4. The van der Waals surface area contributed by atoms with Gasteiger partial charge in [-0.25, -0.2) is 0 Å². The number of carbonyl (C=O) groups excluding carboxylic acids is 1. The van der Waals surface area contributed by atoms with E-state index in [1.165, 1.54) is 30.2 Å². The van der Waals surface area contributed by atoms with Gasteiger partial charge in [-0.3, -0.25) is 4.79 Å². The molecule has 0 unspecified atom stereocenters. The monoisotopic (exact) mass is 476 g/mol. The fourth-order valence-corrected chi connectivity index (χ4v) is 5.68. The maximum atomic E-state index is 13.3. The third-order valence-corrected chi connectivity index (χ3v) is 7.67. The number of rotatable bonds is 7. The van der Waals surface area contributed by atoms with Crippen molar-refractivity contribution in [3.05, 3.63) is 65.5 Å². The second kappa shape index (κ2) is 9.33. The van der Waals surface area contributed by atoms with E-state index in [9.17, 15) is 4.79 Å². The number of hydrogen-bond acceptors (Lipinski definition) is 6. The fraction of sp³-hybridized carbons (Fsp3) is 0.423. The van der Waals surface area contributed by atoms with E-state index in [0.29, 0.717) is 24.9 Å². The summed E-state index contributed by atoms with van der Waals surface area (Å²) in [6.45, 7) is 2.66. The molecule has 3 heterocycles. The van der Waals surface area contributed by atoms with Gasteiger partial charge in [0.05, 0.1) is 18.3 Å². The highest BCUT2D eigenvalue weighted by atomic mass is 32.2. The Morgan fingerprint density at radius 3 is 2.65 bits per heavy atom. The van der Waals surface area contributed by atoms with Gasteiger partial charge in [-0.2, -0.15) is 0 Å². The van der Waals surface area contributed by atoms with Gasteiger partial charge in [0.25, 0.3) is 0 Å². The van der Waals surface area contributed by atoms with Crippen LogP contribution in [0.25, 0.3) is 0 Å². The van der Waals surface area contributed by atoms with Crippen LogP contribution in [0.4, 0.5) is 0 Å². The predicted molar refractivity (Wildman–Crippen MR) is 129 cm³/mol. The zero-order valence-corrected chi connectivity index (χ0v) is 19.9. The Bertz CT molecular complexity index is 1180. The second-order valence-electron chi connectivity index (χ2n) is 9.12. The molecule has 1 aromatic heterocycles. The SMILES string of the molecule is O=C(CSc1nnc(C2CC2)n1Cc1ccccc1)N1CCC[C@H]1c1ccc2c(c1)OCCO2. The first kappa shape index (κ1) is 21.5. The van der Waals surface area contributed by atoms with Crippen LogP contribution in [0, 0.1) is 0 Å². The Labute approximate surface area is 203 Å². The van der Waals surface area contributed by atoms with Crippen LogP contribution in [0.3, 0.4) is 0 Å². The van der Waals surface area contributed by atoms with Crippen molar-refractivity contribution in [2.24, 2.45) is 0 Å². The van der Waals surface area contributed by atoms with Crippen molar-refractivity contribution in [2.75, 3.05) is 25.5 Å². The van der Waals surface area contributed by atoms with Gasteiger partial charge in [0.1, 0.15) is 19.0 Å². The second-order valence-corrected chi connectivity index (χ2v) is 10.1. The summed E-state index contributed by atoms with van der Waals surface area (Å²) >= 11 is 1.50. The molecule has 0 bridgehead atoms. The number of thioether (sulfide) groups is 1. The molecule has 8 heteroatoms. The summed E-state index contributed by atoms with van der Waals surface area (Å²) in [4.78, 5) is 15.3. The Morgan fingerprint density at radius 2 is 1.82 bits per heavy atom. The quantitative estimate of drug-likeness (QED) is 0.470. The summed E-state index contributed by atoms with van der Waals surface area (Å²) in [5.74, 6) is 3.61. The molecular weight excluding hydrogens is 448 g/mol. The molecule has 7 nitrogen and oxygen atoms in total. The lowest BCUT2D eigenvalue weighted by Crippen LogP contribution is -2.32. The predicted octanol–water partition coefficient (Wildman–Crippen LogP) is 4.43. The van der Waals surface area contributed by atoms with E-state index in [2.05, 4.69) is 45.1 Å². The summed E-state index contributed by atoms with van der Waals surface area (Å²) < 4.78 is 13.6. The molecule has 6 rings (SSSR count). The smallest absolute Gasteiger partial charge is 0.233 e. The summed E-state index contributed by atoms with van der Waals surface area (Å²) in [5.41, 5.74) is 2.33. The highest BCUT2D eigenvalue weighted by molar-refractivity contribution is 7.99. The molecule has 1 saturated carbocycles. The average Bonchev–Trinajstić information content (AvgIpc) is 3.46. The molecule has 3 aliphatic rings. The van der Waals surface area contributed by atoms with E-state index in [0.717, 1.165) is 54.0 Å². The Balaban J connectivity index is 1.16. The third-order valence-electron chi connectivity index (χ3n) is 6.72. The number of benzene rings is 2. The lowest BCUT2D eigenvalue weighted by atomic mass is 10.0. The first-order chi connectivity index (χ1) is 16.8. The van der Waals surface area contributed by atoms with Gasteiger partial charge in [0.15, 0.2) is 16.7 Å². The molecule has 2 fully saturated rings. The summed E-state index contributed by atoms with van der Waals surface area (Å²) in [6, 6.07) is 16.5. The molecular formula is C26H28N4O3S. The first-order valence-electron chi connectivity index (χ1n) is 12.0. The zero-order chi connectivity index (χ0) is 22.9. The number of fused-ring (bicyclic) bond motifs is 1. The van der Waals surface area contributed by atoms with E-state index < -0.39 is 0 Å². The minimum Gasteiger partial charge on any atom is -0.486 e. The van der Waals surface area contributed by atoms with E-state index in [1.807, 2.05) is 23.1 Å². The van der Waals surface area contributed by atoms with Gasteiger partial charge >= 0.3 is 0 Å². The van der Waals surface area contributed by atoms with Crippen molar-refractivity contribution in [3.63, 3.8) is 0 Å². The van der Waals surface area contributed by atoms with Crippen LogP contribution in [-0.4, -0.2) is 51.1 Å². The van der Waals surface area contributed by atoms with Crippen LogP contribution in [0.5, 0.6) is 11.5 Å². The fourth-order valence-electron chi connectivity index (χ4n) is 4.85. The number of hydrogen-bond donors (Lipinski definition) is 0. The van der Waals surface area contributed by atoms with Gasteiger partial charge in [-0.1, -0.05) is 48.2 Å². The standard InChI is InChI=1S/C26H28N4O3S/c31-24(29-12-4-7-21(29)20-10-11-22-23(15-20)33-14-13-32-22)17-34-26-28-27-25(19-8-9-19)30(26)16-18-5-2-1-3-6-18/h1-3,5-6,10-11,15,19,21H,4,7-9,12-14,16-17H2/t21-/m0/s1. The molecule has 1 saturated heterocycles. The largest absolute Gasteiger partial charge is 0.486 e. The van der Waals surface area contributed by atoms with Crippen LogP contribution >= 0.6 is 11.8 Å². The minimum atomic E-state index is 0.0770. The molecule has 0 N–H and O–H groups in total. The van der Waals surface area contributed by atoms with Crippen molar-refractivity contribution in [3.8, 4) is 11.5 Å². The lowest BCUT2D eigenvalue weighted by molar-refractivity contribution is -0.129. The molecule has 1 amide bonds. The van der Waals surface area contributed by atoms with Crippen LogP contribution in [-0.2, 0) is 11.3 Å². The number of aromatic nitrogens is 3. The third kappa shape index (κ3) is 4.39. The van der Waals surface area contributed by atoms with E-state index in [-0.39, 0.29) is 11.9 Å². The van der Waals surface area contributed by atoms with Gasteiger partial charge in [-0.05, 0) is 48.9 Å². The molecule has 0 spiro atoms. The van der Waals surface area contributed by atoms with Crippen LogP contribution < -0.4 is 9.47 Å². The van der Waals surface area contributed by atoms with Crippen LogP contribution in [0.1, 0.15) is 54.6 Å². The van der Waals surface area contributed by atoms with E-state index in [4.69, 9.17) is 9.47 Å². The highest BCUT2D eigenvalue weighted by Crippen LogP contribution is 2.41. The molecule has 2 aliphatic heterocycles. The van der Waals surface area contributed by atoms with Crippen molar-refractivity contribution >= 4 is 17.7 Å². The van der Waals surface area contributed by atoms with Crippen molar-refractivity contribution in [2.45, 2.75) is 49.3 Å². The Hall–Kier alpha value is -3.00. The van der Waals surface area contributed by atoms with E-state index in [1.54, 1.807) is 0 Å². The number of carbonyl (C=O) groups is 1. The minimum absolute atomic E-state index is 0.0770.